The molecule has 8 N–H and O–H groups in total. The highest BCUT2D eigenvalue weighted by atomic mass is 16.8. The molecule has 7 rings (SSSR count). The van der Waals surface area contributed by atoms with Crippen LogP contribution in [0.1, 0.15) is 106 Å². The first-order valence-corrected chi connectivity index (χ1v) is 20.5. The van der Waals surface area contributed by atoms with Gasteiger partial charge in [0.25, 0.3) is 0 Å². The van der Waals surface area contributed by atoms with Crippen LogP contribution < -0.4 is 0 Å². The molecule has 0 aromatic rings. The highest BCUT2D eigenvalue weighted by molar-refractivity contribution is 5.45. The van der Waals surface area contributed by atoms with E-state index in [1.807, 2.05) is 0 Å². The first-order chi connectivity index (χ1) is 25.2. The molecule has 12 heteroatoms. The summed E-state index contributed by atoms with van der Waals surface area (Å²) in [6.07, 6.45) is -1.13. The minimum Gasteiger partial charge on any atom is -0.396 e. The lowest BCUT2D eigenvalue weighted by atomic mass is 9.35. The van der Waals surface area contributed by atoms with Crippen LogP contribution in [0.5, 0.6) is 0 Å². The van der Waals surface area contributed by atoms with Crippen LogP contribution in [0.3, 0.4) is 0 Å². The summed E-state index contributed by atoms with van der Waals surface area (Å²) < 4.78 is 24.4. The van der Waals surface area contributed by atoms with Gasteiger partial charge >= 0.3 is 0 Å². The lowest BCUT2D eigenvalue weighted by Crippen LogP contribution is -2.66. The third-order valence-corrected chi connectivity index (χ3v) is 16.9. The van der Waals surface area contributed by atoms with Gasteiger partial charge in [0, 0.05) is 6.61 Å². The van der Waals surface area contributed by atoms with Crippen LogP contribution >= 0.6 is 0 Å². The number of hydrogen-bond donors (Lipinski definition) is 8. The fourth-order valence-corrected chi connectivity index (χ4v) is 12.9. The van der Waals surface area contributed by atoms with Gasteiger partial charge in [-0.1, -0.05) is 66.2 Å². The van der Waals surface area contributed by atoms with Gasteiger partial charge in [0.1, 0.15) is 48.8 Å². The normalized spacial score (nSPS) is 54.3. The van der Waals surface area contributed by atoms with Crippen LogP contribution in [0, 0.1) is 44.3 Å². The van der Waals surface area contributed by atoms with Crippen LogP contribution in [0.2, 0.25) is 0 Å². The van der Waals surface area contributed by atoms with Gasteiger partial charge in [-0.3, -0.25) is 0 Å². The van der Waals surface area contributed by atoms with E-state index < -0.39 is 74.6 Å². The topological polar surface area (TPSA) is 199 Å². The SMILES string of the molecule is CC1(C)[C@@H](O[C@H]2O[C@H](CO)[C@H](O)[C@H](O)[C@H]2O[C@@H]2O[C@H](CO)[C@H](O)[C@H](O)[C@H]2O)CC[C@]2(C)C3C=CC4=C5C[C@@](C)(CO)CC[C@@]5(C)CC[C@@]4(C)[C@]3(C)CC[C@H]12. The van der Waals surface area contributed by atoms with Crippen LogP contribution in [0.15, 0.2) is 23.3 Å². The predicted molar refractivity (Wildman–Crippen MR) is 197 cm³/mol. The number of rotatable bonds is 7. The average molecular weight is 765 g/mol. The molecule has 12 nitrogen and oxygen atoms in total. The number of hydrogen-bond acceptors (Lipinski definition) is 12. The maximum Gasteiger partial charge on any atom is 0.187 e. The molecule has 5 aliphatic carbocycles. The Balaban J connectivity index is 1.16. The molecular formula is C42H68O12. The monoisotopic (exact) mass is 764 g/mol. The smallest absolute Gasteiger partial charge is 0.187 e. The van der Waals surface area contributed by atoms with Crippen LogP contribution in [0.25, 0.3) is 0 Å². The molecule has 0 aromatic carbocycles. The number of ether oxygens (including phenoxy) is 4. The lowest BCUT2D eigenvalue weighted by Gasteiger charge is -2.69. The molecule has 0 bridgehead atoms. The van der Waals surface area contributed by atoms with E-state index in [-0.39, 0.29) is 51.1 Å². The van der Waals surface area contributed by atoms with E-state index in [0.29, 0.717) is 12.3 Å². The van der Waals surface area contributed by atoms with Gasteiger partial charge in [0.15, 0.2) is 12.6 Å². The standard InChI is InChI=1S/C42H68O12/c1-37(2)26-10-13-42(7)27(9-8-22-23-18-38(3,21-45)14-15-39(23,4)16-17-41(22,42)6)40(26,5)12-11-28(37)53-36-34(32(49)30(47)25(20-44)52-36)54-35-33(50)31(48)29(46)24(19-43)51-35/h8-9,24-36,43-50H,10-21H2,1-7H3/t24-,25-,26-,27?,28+,29+,30+,31+,32+,33-,34-,35+,36-,38+,39+,40+,41-,42-/m1/s1. The maximum atomic E-state index is 11.3. The fraction of sp³-hybridized carbons (Fsp3) is 0.905. The quantitative estimate of drug-likeness (QED) is 0.177. The van der Waals surface area contributed by atoms with E-state index in [4.69, 9.17) is 18.9 Å². The average Bonchev–Trinajstić information content (AvgIpc) is 3.13. The molecule has 2 saturated heterocycles. The Morgan fingerprint density at radius 1 is 0.685 bits per heavy atom. The van der Waals surface area contributed by atoms with Crippen molar-refractivity contribution >= 4 is 0 Å². The molecule has 0 radical (unpaired) electrons. The van der Waals surface area contributed by atoms with Crippen LogP contribution in [-0.4, -0.2) is 128 Å². The highest BCUT2D eigenvalue weighted by Gasteiger charge is 2.67. The second-order valence-electron chi connectivity index (χ2n) is 20.3. The first kappa shape index (κ1) is 41.2. The number of aliphatic hydroxyl groups is 8. The summed E-state index contributed by atoms with van der Waals surface area (Å²) >= 11 is 0. The summed E-state index contributed by atoms with van der Waals surface area (Å²) in [5.41, 5.74) is 2.84. The Labute approximate surface area is 320 Å². The van der Waals surface area contributed by atoms with Crippen molar-refractivity contribution in [3.63, 3.8) is 0 Å². The van der Waals surface area contributed by atoms with Crippen LogP contribution in [-0.2, 0) is 18.9 Å². The molecular weight excluding hydrogens is 696 g/mol. The van der Waals surface area contributed by atoms with Gasteiger partial charge in [-0.2, -0.15) is 0 Å². The molecule has 2 aliphatic heterocycles. The second kappa shape index (κ2) is 14.1. The summed E-state index contributed by atoms with van der Waals surface area (Å²) in [6.45, 7) is 15.7. The van der Waals surface area contributed by atoms with Gasteiger partial charge < -0.3 is 59.8 Å². The molecule has 0 aromatic heterocycles. The van der Waals surface area contributed by atoms with Crippen molar-refractivity contribution in [2.75, 3.05) is 19.8 Å². The highest BCUT2D eigenvalue weighted by Crippen LogP contribution is 2.74. The molecule has 0 spiro atoms. The molecule has 7 aliphatic rings. The third kappa shape index (κ3) is 6.06. The van der Waals surface area contributed by atoms with Crippen molar-refractivity contribution in [3.05, 3.63) is 23.3 Å². The Bertz CT molecular complexity index is 1470. The molecule has 18 atom stereocenters. The largest absolute Gasteiger partial charge is 0.396 e. The Hall–Kier alpha value is -1.00. The van der Waals surface area contributed by atoms with Gasteiger partial charge in [0.05, 0.1) is 19.3 Å². The molecule has 54 heavy (non-hydrogen) atoms. The molecule has 2 heterocycles. The van der Waals surface area contributed by atoms with Crippen molar-refractivity contribution in [2.24, 2.45) is 44.3 Å². The predicted octanol–water partition coefficient (Wildman–Crippen LogP) is 2.71. The first-order valence-electron chi connectivity index (χ1n) is 20.5. The van der Waals surface area contributed by atoms with Gasteiger partial charge in [-0.15, -0.1) is 0 Å². The minimum absolute atomic E-state index is 0.0155. The van der Waals surface area contributed by atoms with E-state index in [1.165, 1.54) is 12.0 Å². The van der Waals surface area contributed by atoms with E-state index >= 15 is 0 Å². The van der Waals surface area contributed by atoms with Crippen LogP contribution in [0.4, 0.5) is 0 Å². The summed E-state index contributed by atoms with van der Waals surface area (Å²) in [4.78, 5) is 0. The van der Waals surface area contributed by atoms with E-state index in [2.05, 4.69) is 60.6 Å². The van der Waals surface area contributed by atoms with Crippen molar-refractivity contribution in [2.45, 2.75) is 174 Å². The van der Waals surface area contributed by atoms with Gasteiger partial charge in [-0.25, -0.2) is 0 Å². The number of fused-ring (bicyclic) bond motifs is 6. The maximum absolute atomic E-state index is 11.3. The lowest BCUT2D eigenvalue weighted by molar-refractivity contribution is -0.378. The van der Waals surface area contributed by atoms with Crippen molar-refractivity contribution in [1.29, 1.82) is 0 Å². The zero-order valence-corrected chi connectivity index (χ0v) is 33.4. The summed E-state index contributed by atoms with van der Waals surface area (Å²) in [5, 5.41) is 83.8. The molecule has 3 saturated carbocycles. The fourth-order valence-electron chi connectivity index (χ4n) is 12.9. The summed E-state index contributed by atoms with van der Waals surface area (Å²) in [5.74, 6) is 0.600. The van der Waals surface area contributed by atoms with Crippen molar-refractivity contribution in [1.82, 2.24) is 0 Å². The Morgan fingerprint density at radius 2 is 1.31 bits per heavy atom. The second-order valence-corrected chi connectivity index (χ2v) is 20.3. The Kier molecular flexibility index (Phi) is 10.7. The Morgan fingerprint density at radius 3 is 1.96 bits per heavy atom. The number of aliphatic hydroxyl groups excluding tert-OH is 8. The molecule has 1 unspecified atom stereocenters. The van der Waals surface area contributed by atoms with Gasteiger partial charge in [0.2, 0.25) is 0 Å². The third-order valence-electron chi connectivity index (χ3n) is 16.9. The van der Waals surface area contributed by atoms with E-state index in [0.717, 1.165) is 44.9 Å². The molecule has 308 valence electrons. The summed E-state index contributed by atoms with van der Waals surface area (Å²) in [7, 11) is 0. The minimum atomic E-state index is -1.73. The zero-order chi connectivity index (χ0) is 39.4. The molecule has 0 amide bonds. The zero-order valence-electron chi connectivity index (χ0n) is 33.4. The molecule has 5 fully saturated rings. The van der Waals surface area contributed by atoms with Crippen molar-refractivity contribution < 1.29 is 59.8 Å². The summed E-state index contributed by atoms with van der Waals surface area (Å²) in [6, 6.07) is 0. The van der Waals surface area contributed by atoms with Gasteiger partial charge in [-0.05, 0) is 108 Å². The van der Waals surface area contributed by atoms with E-state index in [1.54, 1.807) is 5.57 Å². The van der Waals surface area contributed by atoms with Crippen molar-refractivity contribution in [3.8, 4) is 0 Å². The number of allylic oxidation sites excluding steroid dienone is 4. The van der Waals surface area contributed by atoms with E-state index in [9.17, 15) is 40.9 Å².